The number of benzene rings is 2. The molecule has 27 heavy (non-hydrogen) atoms. The van der Waals surface area contributed by atoms with Crippen LogP contribution >= 0.6 is 35.6 Å². The molecule has 0 aliphatic carbocycles. The summed E-state index contributed by atoms with van der Waals surface area (Å²) < 4.78 is 5.24. The molecular formula is C20H28ClIN4O. The summed E-state index contributed by atoms with van der Waals surface area (Å²) in [6.07, 6.45) is 0. The zero-order chi connectivity index (χ0) is 18.9. The highest BCUT2D eigenvalue weighted by molar-refractivity contribution is 14.0. The van der Waals surface area contributed by atoms with Crippen molar-refractivity contribution < 1.29 is 4.74 Å². The van der Waals surface area contributed by atoms with Gasteiger partial charge >= 0.3 is 0 Å². The number of rotatable bonds is 7. The van der Waals surface area contributed by atoms with Gasteiger partial charge in [-0.25, -0.2) is 0 Å². The molecular weight excluding hydrogens is 475 g/mol. The number of nitrogens with zero attached hydrogens (tertiary/aromatic N) is 2. The van der Waals surface area contributed by atoms with E-state index in [-0.39, 0.29) is 30.0 Å². The molecule has 0 aliphatic heterocycles. The molecule has 0 saturated heterocycles. The minimum absolute atomic E-state index is 0. The molecule has 1 unspecified atom stereocenters. The summed E-state index contributed by atoms with van der Waals surface area (Å²) >= 11 is 6.03. The Morgan fingerprint density at radius 3 is 2.41 bits per heavy atom. The molecule has 0 fully saturated rings. The summed E-state index contributed by atoms with van der Waals surface area (Å²) in [7, 11) is 7.58. The van der Waals surface area contributed by atoms with Gasteiger partial charge in [-0.05, 0) is 49.5 Å². The fourth-order valence-electron chi connectivity index (χ4n) is 2.67. The van der Waals surface area contributed by atoms with Crippen molar-refractivity contribution in [3.05, 3.63) is 64.7 Å². The standard InChI is InChI=1S/C20H27ClN4O.HI/c1-22-20(23-13-15-6-5-7-17(21)12-15)24-14-19(25(2)3)16-8-10-18(26-4)11-9-16;/h5-12,19H,13-14H2,1-4H3,(H2,22,23,24);1H. The van der Waals surface area contributed by atoms with Crippen molar-refractivity contribution in [2.24, 2.45) is 4.99 Å². The lowest BCUT2D eigenvalue weighted by Gasteiger charge is -2.26. The first-order valence-electron chi connectivity index (χ1n) is 8.53. The third-order valence-electron chi connectivity index (χ3n) is 4.16. The van der Waals surface area contributed by atoms with E-state index in [9.17, 15) is 0 Å². The maximum absolute atomic E-state index is 6.03. The van der Waals surface area contributed by atoms with Crippen molar-refractivity contribution in [3.63, 3.8) is 0 Å². The Kier molecular flexibility index (Phi) is 10.5. The van der Waals surface area contributed by atoms with Crippen LogP contribution in [-0.2, 0) is 6.54 Å². The van der Waals surface area contributed by atoms with Gasteiger partial charge in [-0.1, -0.05) is 35.9 Å². The highest BCUT2D eigenvalue weighted by atomic mass is 127. The highest BCUT2D eigenvalue weighted by Gasteiger charge is 2.14. The van der Waals surface area contributed by atoms with Crippen LogP contribution in [0, 0.1) is 0 Å². The fourth-order valence-corrected chi connectivity index (χ4v) is 2.88. The molecule has 0 saturated carbocycles. The van der Waals surface area contributed by atoms with E-state index < -0.39 is 0 Å². The zero-order valence-electron chi connectivity index (χ0n) is 16.2. The lowest BCUT2D eigenvalue weighted by molar-refractivity contribution is 0.298. The zero-order valence-corrected chi connectivity index (χ0v) is 19.3. The van der Waals surface area contributed by atoms with E-state index in [0.717, 1.165) is 28.8 Å². The predicted molar refractivity (Wildman–Crippen MR) is 124 cm³/mol. The summed E-state index contributed by atoms with van der Waals surface area (Å²) in [5.74, 6) is 1.61. The number of hydrogen-bond acceptors (Lipinski definition) is 3. The van der Waals surface area contributed by atoms with E-state index in [1.54, 1.807) is 14.2 Å². The molecule has 0 radical (unpaired) electrons. The van der Waals surface area contributed by atoms with Crippen LogP contribution in [0.5, 0.6) is 5.75 Å². The van der Waals surface area contributed by atoms with Crippen LogP contribution < -0.4 is 15.4 Å². The highest BCUT2D eigenvalue weighted by Crippen LogP contribution is 2.20. The van der Waals surface area contributed by atoms with E-state index in [1.165, 1.54) is 5.56 Å². The second-order valence-corrected chi connectivity index (χ2v) is 6.63. The molecule has 148 valence electrons. The van der Waals surface area contributed by atoms with Crippen LogP contribution in [0.2, 0.25) is 5.02 Å². The SMILES string of the molecule is CN=C(NCc1cccc(Cl)c1)NCC(c1ccc(OC)cc1)N(C)C.I. The summed E-state index contributed by atoms with van der Waals surface area (Å²) in [5, 5.41) is 7.45. The smallest absolute Gasteiger partial charge is 0.191 e. The van der Waals surface area contributed by atoms with E-state index in [0.29, 0.717) is 6.54 Å². The van der Waals surface area contributed by atoms with Crippen LogP contribution in [0.1, 0.15) is 17.2 Å². The molecule has 2 rings (SSSR count). The average Bonchev–Trinajstić information content (AvgIpc) is 2.64. The summed E-state index contributed by atoms with van der Waals surface area (Å²) in [6.45, 7) is 1.39. The van der Waals surface area contributed by atoms with Crippen molar-refractivity contribution in [2.45, 2.75) is 12.6 Å². The lowest BCUT2D eigenvalue weighted by Crippen LogP contribution is -2.41. The molecule has 0 aliphatic rings. The number of likely N-dealkylation sites (N-methyl/N-ethyl adjacent to an activating group) is 1. The second-order valence-electron chi connectivity index (χ2n) is 6.19. The number of halogens is 2. The van der Waals surface area contributed by atoms with Crippen LogP contribution in [0.25, 0.3) is 0 Å². The quantitative estimate of drug-likeness (QED) is 0.342. The van der Waals surface area contributed by atoms with E-state index in [2.05, 4.69) is 46.8 Å². The molecule has 7 heteroatoms. The number of ether oxygens (including phenoxy) is 1. The third kappa shape index (κ3) is 7.56. The van der Waals surface area contributed by atoms with Gasteiger partial charge < -0.3 is 20.3 Å². The van der Waals surface area contributed by atoms with E-state index >= 15 is 0 Å². The normalized spacial score (nSPS) is 12.3. The topological polar surface area (TPSA) is 48.9 Å². The summed E-state index contributed by atoms with van der Waals surface area (Å²) in [5.41, 5.74) is 2.33. The molecule has 2 aromatic carbocycles. The molecule has 5 nitrogen and oxygen atoms in total. The Bertz CT molecular complexity index is 722. The Hall–Kier alpha value is -1.51. The van der Waals surface area contributed by atoms with Crippen molar-refractivity contribution >= 4 is 41.5 Å². The molecule has 1 atom stereocenters. The van der Waals surface area contributed by atoms with Gasteiger partial charge in [0.25, 0.3) is 0 Å². The number of methoxy groups -OCH3 is 1. The van der Waals surface area contributed by atoms with Gasteiger partial charge in [0.15, 0.2) is 5.96 Å². The van der Waals surface area contributed by atoms with Crippen LogP contribution in [-0.4, -0.2) is 45.7 Å². The molecule has 2 aromatic rings. The van der Waals surface area contributed by atoms with Gasteiger partial charge in [-0.15, -0.1) is 24.0 Å². The van der Waals surface area contributed by atoms with Crippen molar-refractivity contribution in [1.29, 1.82) is 0 Å². The molecule has 0 heterocycles. The lowest BCUT2D eigenvalue weighted by atomic mass is 10.1. The molecule has 2 N–H and O–H groups in total. The number of guanidine groups is 1. The van der Waals surface area contributed by atoms with Gasteiger partial charge in [0.2, 0.25) is 0 Å². The summed E-state index contributed by atoms with van der Waals surface area (Å²) in [4.78, 5) is 6.48. The molecule has 0 aromatic heterocycles. The predicted octanol–water partition coefficient (Wildman–Crippen LogP) is 3.93. The minimum atomic E-state index is 0. The van der Waals surface area contributed by atoms with Gasteiger partial charge in [0, 0.05) is 25.2 Å². The van der Waals surface area contributed by atoms with Gasteiger partial charge in [0.05, 0.1) is 13.2 Å². The van der Waals surface area contributed by atoms with Gasteiger partial charge in [-0.3, -0.25) is 4.99 Å². The molecule has 0 spiro atoms. The fraction of sp³-hybridized carbons (Fsp3) is 0.350. The Morgan fingerprint density at radius 1 is 1.15 bits per heavy atom. The Morgan fingerprint density at radius 2 is 1.85 bits per heavy atom. The van der Waals surface area contributed by atoms with Crippen molar-refractivity contribution in [1.82, 2.24) is 15.5 Å². The average molecular weight is 503 g/mol. The monoisotopic (exact) mass is 502 g/mol. The number of nitrogens with one attached hydrogen (secondary N) is 2. The minimum Gasteiger partial charge on any atom is -0.497 e. The third-order valence-corrected chi connectivity index (χ3v) is 4.39. The summed E-state index contributed by atoms with van der Waals surface area (Å²) in [6, 6.07) is 16.2. The molecule has 0 bridgehead atoms. The van der Waals surface area contributed by atoms with Crippen LogP contribution in [0.4, 0.5) is 0 Å². The molecule has 0 amide bonds. The van der Waals surface area contributed by atoms with Crippen molar-refractivity contribution in [2.75, 3.05) is 34.8 Å². The first-order chi connectivity index (χ1) is 12.5. The Balaban J connectivity index is 0.00000364. The van der Waals surface area contributed by atoms with Crippen LogP contribution in [0.15, 0.2) is 53.5 Å². The Labute approximate surface area is 184 Å². The maximum Gasteiger partial charge on any atom is 0.191 e. The van der Waals surface area contributed by atoms with Crippen LogP contribution in [0.3, 0.4) is 0 Å². The number of aliphatic imine (C=N–C) groups is 1. The number of hydrogen-bond donors (Lipinski definition) is 2. The van der Waals surface area contributed by atoms with E-state index in [4.69, 9.17) is 16.3 Å². The van der Waals surface area contributed by atoms with Gasteiger partial charge in [-0.2, -0.15) is 0 Å². The first-order valence-corrected chi connectivity index (χ1v) is 8.90. The van der Waals surface area contributed by atoms with Crippen molar-refractivity contribution in [3.8, 4) is 5.75 Å². The second kappa shape index (κ2) is 12.0. The first kappa shape index (κ1) is 23.5. The van der Waals surface area contributed by atoms with E-state index in [1.807, 2.05) is 36.4 Å². The van der Waals surface area contributed by atoms with Gasteiger partial charge in [0.1, 0.15) is 5.75 Å². The largest absolute Gasteiger partial charge is 0.497 e. The maximum atomic E-state index is 6.03.